The first-order valence-electron chi connectivity index (χ1n) is 2.17. The standard InChI is InChI=1S/C4H5F3O2/c5-4(6,7)3(9)1-2-8/h2-3,9H,1H2/t3-/m0/s1. The third kappa shape index (κ3) is 3.07. The van der Waals surface area contributed by atoms with Crippen molar-refractivity contribution in [3.05, 3.63) is 0 Å². The normalized spacial score (nSPS) is 15.1. The number of carbonyl (C=O) groups excluding carboxylic acids is 1. The predicted octanol–water partition coefficient (Wildman–Crippen LogP) is 0.499. The van der Waals surface area contributed by atoms with E-state index in [9.17, 15) is 18.0 Å². The fourth-order valence-electron chi connectivity index (χ4n) is 0.225. The average molecular weight is 142 g/mol. The summed E-state index contributed by atoms with van der Waals surface area (Å²) in [7, 11) is 0. The minimum absolute atomic E-state index is 0.0259. The number of hydrogen-bond donors (Lipinski definition) is 1. The maximum atomic E-state index is 11.2. The Bertz CT molecular complexity index is 98.5. The molecular weight excluding hydrogens is 137 g/mol. The van der Waals surface area contributed by atoms with Gasteiger partial charge >= 0.3 is 6.18 Å². The number of carbonyl (C=O) groups is 1. The largest absolute Gasteiger partial charge is 0.414 e. The van der Waals surface area contributed by atoms with Crippen LogP contribution in [0.2, 0.25) is 0 Å². The van der Waals surface area contributed by atoms with E-state index < -0.39 is 18.7 Å². The van der Waals surface area contributed by atoms with Crippen molar-refractivity contribution in [2.75, 3.05) is 0 Å². The number of hydrogen-bond acceptors (Lipinski definition) is 2. The van der Waals surface area contributed by atoms with Crippen molar-refractivity contribution < 1.29 is 23.1 Å². The number of alkyl halides is 3. The maximum Gasteiger partial charge on any atom is 0.414 e. The van der Waals surface area contributed by atoms with Crippen LogP contribution in [0.1, 0.15) is 6.42 Å². The second-order valence-electron chi connectivity index (χ2n) is 1.46. The smallest absolute Gasteiger partial charge is 0.383 e. The SMILES string of the molecule is O=CC[C@H](O)C(F)(F)F. The molecule has 0 saturated carbocycles. The summed E-state index contributed by atoms with van der Waals surface area (Å²) in [5.74, 6) is 0. The lowest BCUT2D eigenvalue weighted by Crippen LogP contribution is -2.28. The maximum absolute atomic E-state index is 11.2. The summed E-state index contributed by atoms with van der Waals surface area (Å²) in [4.78, 5) is 9.40. The Kier molecular flexibility index (Phi) is 2.64. The van der Waals surface area contributed by atoms with E-state index in [0.29, 0.717) is 0 Å². The van der Waals surface area contributed by atoms with Crippen molar-refractivity contribution >= 4 is 6.29 Å². The van der Waals surface area contributed by atoms with E-state index in [1.54, 1.807) is 0 Å². The summed E-state index contributed by atoms with van der Waals surface area (Å²) in [5.41, 5.74) is 0. The number of rotatable bonds is 2. The van der Waals surface area contributed by atoms with Gasteiger partial charge in [-0.05, 0) is 0 Å². The Morgan fingerprint density at radius 3 is 2.11 bits per heavy atom. The number of aldehydes is 1. The zero-order chi connectivity index (χ0) is 7.49. The molecule has 5 heteroatoms. The minimum Gasteiger partial charge on any atom is -0.383 e. The Balaban J connectivity index is 3.72. The Morgan fingerprint density at radius 2 is 2.00 bits per heavy atom. The molecule has 1 atom stereocenters. The molecule has 0 unspecified atom stereocenters. The van der Waals surface area contributed by atoms with Crippen LogP contribution in [0.5, 0.6) is 0 Å². The van der Waals surface area contributed by atoms with Crippen LogP contribution in [-0.2, 0) is 4.79 Å². The summed E-state index contributed by atoms with van der Waals surface area (Å²) in [6, 6.07) is 0. The van der Waals surface area contributed by atoms with Gasteiger partial charge in [0.1, 0.15) is 6.29 Å². The van der Waals surface area contributed by atoms with Gasteiger partial charge in [-0.25, -0.2) is 0 Å². The highest BCUT2D eigenvalue weighted by atomic mass is 19.4. The first-order chi connectivity index (χ1) is 3.98. The van der Waals surface area contributed by atoms with Crippen LogP contribution in [-0.4, -0.2) is 23.7 Å². The van der Waals surface area contributed by atoms with Crippen LogP contribution < -0.4 is 0 Å². The number of aliphatic hydroxyl groups excluding tert-OH is 1. The Labute approximate surface area is 49.3 Å². The quantitative estimate of drug-likeness (QED) is 0.570. The fraction of sp³-hybridized carbons (Fsp3) is 0.750. The summed E-state index contributed by atoms with van der Waals surface area (Å²) in [5, 5.41) is 8.03. The monoisotopic (exact) mass is 142 g/mol. The molecule has 0 amide bonds. The Hall–Kier alpha value is -0.580. The zero-order valence-electron chi connectivity index (χ0n) is 4.35. The van der Waals surface area contributed by atoms with Gasteiger partial charge in [0.05, 0.1) is 0 Å². The van der Waals surface area contributed by atoms with Crippen molar-refractivity contribution in [2.45, 2.75) is 18.7 Å². The molecule has 0 saturated heterocycles. The van der Waals surface area contributed by atoms with Crippen LogP contribution in [0.25, 0.3) is 0 Å². The van der Waals surface area contributed by atoms with E-state index in [1.165, 1.54) is 0 Å². The lowest BCUT2D eigenvalue weighted by molar-refractivity contribution is -0.204. The van der Waals surface area contributed by atoms with Crippen LogP contribution >= 0.6 is 0 Å². The first kappa shape index (κ1) is 8.42. The van der Waals surface area contributed by atoms with E-state index in [1.807, 2.05) is 0 Å². The van der Waals surface area contributed by atoms with Crippen LogP contribution in [0, 0.1) is 0 Å². The van der Waals surface area contributed by atoms with E-state index in [4.69, 9.17) is 5.11 Å². The highest BCUT2D eigenvalue weighted by Crippen LogP contribution is 2.20. The molecule has 0 fully saturated rings. The molecule has 1 N–H and O–H groups in total. The van der Waals surface area contributed by atoms with Gasteiger partial charge in [0.15, 0.2) is 6.10 Å². The van der Waals surface area contributed by atoms with E-state index in [0.717, 1.165) is 0 Å². The highest BCUT2D eigenvalue weighted by Gasteiger charge is 2.37. The highest BCUT2D eigenvalue weighted by molar-refractivity contribution is 5.50. The van der Waals surface area contributed by atoms with Crippen LogP contribution in [0.4, 0.5) is 13.2 Å². The van der Waals surface area contributed by atoms with Crippen molar-refractivity contribution in [2.24, 2.45) is 0 Å². The summed E-state index contributed by atoms with van der Waals surface area (Å²) >= 11 is 0. The zero-order valence-corrected chi connectivity index (χ0v) is 4.35. The second-order valence-corrected chi connectivity index (χ2v) is 1.46. The molecule has 54 valence electrons. The van der Waals surface area contributed by atoms with E-state index in [-0.39, 0.29) is 6.29 Å². The second kappa shape index (κ2) is 2.82. The molecule has 0 bridgehead atoms. The number of aliphatic hydroxyl groups is 1. The van der Waals surface area contributed by atoms with E-state index >= 15 is 0 Å². The molecule has 0 aliphatic rings. The van der Waals surface area contributed by atoms with Gasteiger partial charge in [0.25, 0.3) is 0 Å². The molecule has 2 nitrogen and oxygen atoms in total. The van der Waals surface area contributed by atoms with Gasteiger partial charge in [-0.2, -0.15) is 13.2 Å². The predicted molar refractivity (Wildman–Crippen MR) is 22.7 cm³/mol. The molecule has 0 spiro atoms. The van der Waals surface area contributed by atoms with Gasteiger partial charge in [-0.1, -0.05) is 0 Å². The lowest BCUT2D eigenvalue weighted by Gasteiger charge is -2.09. The molecule has 0 aromatic carbocycles. The molecular formula is C4H5F3O2. The third-order valence-electron chi connectivity index (χ3n) is 0.697. The molecule has 0 aromatic rings. The van der Waals surface area contributed by atoms with Gasteiger partial charge in [-0.15, -0.1) is 0 Å². The lowest BCUT2D eigenvalue weighted by atomic mass is 10.3. The van der Waals surface area contributed by atoms with Crippen molar-refractivity contribution in [3.63, 3.8) is 0 Å². The first-order valence-corrected chi connectivity index (χ1v) is 2.17. The van der Waals surface area contributed by atoms with Crippen molar-refractivity contribution in [1.29, 1.82) is 0 Å². The molecule has 0 radical (unpaired) electrons. The minimum atomic E-state index is -4.67. The van der Waals surface area contributed by atoms with Gasteiger partial charge < -0.3 is 9.90 Å². The molecule has 0 heterocycles. The van der Waals surface area contributed by atoms with Crippen LogP contribution in [0.3, 0.4) is 0 Å². The fourth-order valence-corrected chi connectivity index (χ4v) is 0.225. The van der Waals surface area contributed by atoms with Gasteiger partial charge in [-0.3, -0.25) is 0 Å². The van der Waals surface area contributed by atoms with Crippen LogP contribution in [0.15, 0.2) is 0 Å². The molecule has 0 aliphatic carbocycles. The van der Waals surface area contributed by atoms with Crippen molar-refractivity contribution in [1.82, 2.24) is 0 Å². The summed E-state index contributed by atoms with van der Waals surface area (Å²) in [6.45, 7) is 0. The van der Waals surface area contributed by atoms with E-state index in [2.05, 4.69) is 0 Å². The van der Waals surface area contributed by atoms with Crippen molar-refractivity contribution in [3.8, 4) is 0 Å². The van der Waals surface area contributed by atoms with Gasteiger partial charge in [0.2, 0.25) is 0 Å². The molecule has 0 aromatic heterocycles. The average Bonchev–Trinajstić information content (AvgIpc) is 1.64. The number of halogens is 3. The molecule has 0 aliphatic heterocycles. The molecule has 9 heavy (non-hydrogen) atoms. The molecule has 0 rings (SSSR count). The van der Waals surface area contributed by atoms with Gasteiger partial charge in [0, 0.05) is 6.42 Å². The summed E-state index contributed by atoms with van der Waals surface area (Å²) in [6.07, 6.45) is -8.03. The third-order valence-corrected chi connectivity index (χ3v) is 0.697. The summed E-state index contributed by atoms with van der Waals surface area (Å²) < 4.78 is 33.7. The topological polar surface area (TPSA) is 37.3 Å². The Morgan fingerprint density at radius 1 is 1.56 bits per heavy atom.